The second-order valence-corrected chi connectivity index (χ2v) is 8.27. The SMILES string of the molecule is N#Cc1ccccc1OC(=O)[C@H]1CCCN(C2=NS(=O)(=O)c3ccccc32)C1. The number of sulfonamides is 1. The number of rotatable bonds is 2. The first kappa shape index (κ1) is 18.2. The molecule has 0 aromatic heterocycles. The van der Waals surface area contributed by atoms with E-state index in [-0.39, 0.29) is 10.6 Å². The predicted octanol–water partition coefficient (Wildman–Crippen LogP) is 2.32. The van der Waals surface area contributed by atoms with E-state index in [4.69, 9.17) is 10.00 Å². The molecule has 1 atom stereocenters. The summed E-state index contributed by atoms with van der Waals surface area (Å²) in [7, 11) is -3.71. The average Bonchev–Trinajstić information content (AvgIpc) is 3.00. The zero-order chi connectivity index (χ0) is 19.7. The van der Waals surface area contributed by atoms with Crippen molar-refractivity contribution in [3.8, 4) is 11.8 Å². The van der Waals surface area contributed by atoms with Crippen molar-refractivity contribution >= 4 is 21.8 Å². The molecule has 28 heavy (non-hydrogen) atoms. The summed E-state index contributed by atoms with van der Waals surface area (Å²) in [6.45, 7) is 0.928. The summed E-state index contributed by atoms with van der Waals surface area (Å²) < 4.78 is 34.0. The molecule has 0 N–H and O–H groups in total. The van der Waals surface area contributed by atoms with Crippen LogP contribution in [0.25, 0.3) is 0 Å². The zero-order valence-corrected chi connectivity index (χ0v) is 15.7. The van der Waals surface area contributed by atoms with E-state index in [9.17, 15) is 13.2 Å². The van der Waals surface area contributed by atoms with Crippen molar-refractivity contribution in [2.24, 2.45) is 10.3 Å². The summed E-state index contributed by atoms with van der Waals surface area (Å²) in [5.74, 6) is -0.246. The molecule has 0 aliphatic carbocycles. The minimum absolute atomic E-state index is 0.192. The molecule has 2 aromatic carbocycles. The molecule has 0 amide bonds. The molecule has 142 valence electrons. The molecule has 1 fully saturated rings. The maximum Gasteiger partial charge on any atom is 0.316 e. The van der Waals surface area contributed by atoms with Crippen LogP contribution < -0.4 is 4.74 Å². The molecule has 4 rings (SSSR count). The smallest absolute Gasteiger partial charge is 0.316 e. The third kappa shape index (κ3) is 3.25. The number of hydrogen-bond donors (Lipinski definition) is 0. The van der Waals surface area contributed by atoms with E-state index in [1.54, 1.807) is 42.5 Å². The third-order valence-corrected chi connectivity index (χ3v) is 6.21. The summed E-state index contributed by atoms with van der Waals surface area (Å²) in [4.78, 5) is 14.7. The Morgan fingerprint density at radius 3 is 2.75 bits per heavy atom. The lowest BCUT2D eigenvalue weighted by Crippen LogP contribution is -2.43. The Bertz CT molecular complexity index is 1120. The number of carbonyl (C=O) groups is 1. The first-order valence-electron chi connectivity index (χ1n) is 8.90. The highest BCUT2D eigenvalue weighted by molar-refractivity contribution is 7.90. The van der Waals surface area contributed by atoms with E-state index in [0.29, 0.717) is 42.9 Å². The van der Waals surface area contributed by atoms with Crippen molar-refractivity contribution in [2.75, 3.05) is 13.1 Å². The van der Waals surface area contributed by atoms with Crippen LogP contribution in [0.5, 0.6) is 5.75 Å². The highest BCUT2D eigenvalue weighted by Crippen LogP contribution is 2.30. The lowest BCUT2D eigenvalue weighted by molar-refractivity contribution is -0.140. The van der Waals surface area contributed by atoms with Crippen molar-refractivity contribution in [3.05, 3.63) is 59.7 Å². The monoisotopic (exact) mass is 395 g/mol. The van der Waals surface area contributed by atoms with Crippen molar-refractivity contribution in [1.82, 2.24) is 4.90 Å². The number of ether oxygens (including phenoxy) is 1. The van der Waals surface area contributed by atoms with Gasteiger partial charge in [-0.05, 0) is 37.1 Å². The highest BCUT2D eigenvalue weighted by atomic mass is 32.2. The standard InChI is InChI=1S/C20H17N3O4S/c21-12-14-6-1-3-9-17(14)27-20(24)15-7-5-11-23(13-15)19-16-8-2-4-10-18(16)28(25,26)22-19/h1-4,6,8-10,15H,5,7,11,13H2/t15-/m0/s1. The first-order chi connectivity index (χ1) is 13.5. The number of nitrogens with zero attached hydrogens (tertiary/aromatic N) is 3. The van der Waals surface area contributed by atoms with Crippen LogP contribution in [0.1, 0.15) is 24.0 Å². The van der Waals surface area contributed by atoms with Gasteiger partial charge in [0.15, 0.2) is 5.84 Å². The fraction of sp³-hybridized carbons (Fsp3) is 0.250. The van der Waals surface area contributed by atoms with Crippen LogP contribution in [-0.4, -0.2) is 38.2 Å². The Balaban J connectivity index is 1.54. The summed E-state index contributed by atoms with van der Waals surface area (Å²) in [5.41, 5.74) is 0.857. The van der Waals surface area contributed by atoms with Crippen molar-refractivity contribution < 1.29 is 17.9 Å². The fourth-order valence-corrected chi connectivity index (χ4v) is 4.75. The minimum atomic E-state index is -3.71. The van der Waals surface area contributed by atoms with Crippen LogP contribution in [0.4, 0.5) is 0 Å². The number of esters is 1. The van der Waals surface area contributed by atoms with Crippen molar-refractivity contribution in [1.29, 1.82) is 5.26 Å². The quantitative estimate of drug-likeness (QED) is 0.571. The maximum absolute atomic E-state index is 12.7. The summed E-state index contributed by atoms with van der Waals surface area (Å²) in [5, 5.41) is 9.15. The molecule has 2 aliphatic rings. The van der Waals surface area contributed by atoms with Gasteiger partial charge in [0.05, 0.1) is 11.5 Å². The number of amidine groups is 1. The van der Waals surface area contributed by atoms with E-state index in [2.05, 4.69) is 4.40 Å². The lowest BCUT2D eigenvalue weighted by atomic mass is 9.97. The third-order valence-electron chi connectivity index (χ3n) is 4.88. The Hall–Kier alpha value is -3.18. The van der Waals surface area contributed by atoms with Gasteiger partial charge < -0.3 is 9.64 Å². The van der Waals surface area contributed by atoms with Crippen LogP contribution in [0, 0.1) is 17.2 Å². The predicted molar refractivity (Wildman–Crippen MR) is 101 cm³/mol. The molecule has 7 nitrogen and oxygen atoms in total. The topological polar surface area (TPSA) is 99.8 Å². The number of para-hydroxylation sites is 1. The summed E-state index contributed by atoms with van der Waals surface area (Å²) in [6, 6.07) is 15.3. The molecule has 0 radical (unpaired) electrons. The molecule has 0 unspecified atom stereocenters. The first-order valence-corrected chi connectivity index (χ1v) is 10.3. The number of piperidine rings is 1. The summed E-state index contributed by atoms with van der Waals surface area (Å²) >= 11 is 0. The number of likely N-dealkylation sites (tertiary alicyclic amines) is 1. The van der Waals surface area contributed by atoms with Gasteiger partial charge in [0.2, 0.25) is 0 Å². The molecular weight excluding hydrogens is 378 g/mol. The molecular formula is C20H17N3O4S. The van der Waals surface area contributed by atoms with Gasteiger partial charge in [-0.25, -0.2) is 0 Å². The van der Waals surface area contributed by atoms with Gasteiger partial charge in [-0.15, -0.1) is 4.40 Å². The molecule has 0 spiro atoms. The number of fused-ring (bicyclic) bond motifs is 1. The lowest BCUT2D eigenvalue weighted by Gasteiger charge is -2.32. The Kier molecular flexibility index (Phi) is 4.61. The van der Waals surface area contributed by atoms with Gasteiger partial charge in [0.1, 0.15) is 16.7 Å². The van der Waals surface area contributed by atoms with Crippen LogP contribution in [0.15, 0.2) is 57.8 Å². The zero-order valence-electron chi connectivity index (χ0n) is 14.9. The Morgan fingerprint density at radius 1 is 1.18 bits per heavy atom. The van der Waals surface area contributed by atoms with E-state index in [1.165, 1.54) is 6.07 Å². The normalized spacial score (nSPS) is 20.0. The van der Waals surface area contributed by atoms with Gasteiger partial charge in [-0.1, -0.05) is 24.3 Å². The van der Waals surface area contributed by atoms with Gasteiger partial charge >= 0.3 is 5.97 Å². The molecule has 2 aliphatic heterocycles. The number of hydrogen-bond acceptors (Lipinski definition) is 6. The highest BCUT2D eigenvalue weighted by Gasteiger charge is 2.35. The number of benzene rings is 2. The fourth-order valence-electron chi connectivity index (χ4n) is 3.52. The second-order valence-electron chi connectivity index (χ2n) is 6.70. The Labute approximate surface area is 162 Å². The van der Waals surface area contributed by atoms with Crippen LogP contribution in [-0.2, 0) is 14.8 Å². The second kappa shape index (κ2) is 7.09. The Morgan fingerprint density at radius 2 is 1.93 bits per heavy atom. The minimum Gasteiger partial charge on any atom is -0.425 e. The van der Waals surface area contributed by atoms with E-state index >= 15 is 0 Å². The van der Waals surface area contributed by atoms with E-state index in [0.717, 1.165) is 0 Å². The number of carbonyl (C=O) groups excluding carboxylic acids is 1. The van der Waals surface area contributed by atoms with Gasteiger partial charge in [-0.3, -0.25) is 4.79 Å². The van der Waals surface area contributed by atoms with Gasteiger partial charge in [-0.2, -0.15) is 13.7 Å². The van der Waals surface area contributed by atoms with Crippen molar-refractivity contribution in [3.63, 3.8) is 0 Å². The van der Waals surface area contributed by atoms with Gasteiger partial charge in [0.25, 0.3) is 10.0 Å². The van der Waals surface area contributed by atoms with Gasteiger partial charge in [0, 0.05) is 18.7 Å². The maximum atomic E-state index is 12.7. The van der Waals surface area contributed by atoms with Crippen LogP contribution in [0.3, 0.4) is 0 Å². The molecule has 0 saturated carbocycles. The number of nitriles is 1. The average molecular weight is 395 g/mol. The molecule has 2 aromatic rings. The van der Waals surface area contributed by atoms with Crippen molar-refractivity contribution in [2.45, 2.75) is 17.7 Å². The van der Waals surface area contributed by atoms with E-state index in [1.807, 2.05) is 11.0 Å². The molecule has 0 bridgehead atoms. The van der Waals surface area contributed by atoms with Crippen LogP contribution in [0.2, 0.25) is 0 Å². The molecule has 1 saturated heterocycles. The molecule has 2 heterocycles. The molecule has 8 heteroatoms. The summed E-state index contributed by atoms with van der Waals surface area (Å²) in [6.07, 6.45) is 1.34. The largest absolute Gasteiger partial charge is 0.425 e. The van der Waals surface area contributed by atoms with E-state index < -0.39 is 21.9 Å². The van der Waals surface area contributed by atoms with Crippen LogP contribution >= 0.6 is 0 Å².